The SMILES string of the molecule is O=C(O[C@@H]1[C@@H]2OC[C@H](CC13Cc1ccccc1C3)O2)[C@H]1CC=CCC1. The van der Waals surface area contributed by atoms with Gasteiger partial charge >= 0.3 is 5.97 Å². The van der Waals surface area contributed by atoms with Gasteiger partial charge in [0.2, 0.25) is 0 Å². The molecule has 1 aromatic carbocycles. The summed E-state index contributed by atoms with van der Waals surface area (Å²) in [6.07, 6.45) is 9.08. The van der Waals surface area contributed by atoms with E-state index in [0.29, 0.717) is 6.61 Å². The first-order valence-corrected chi connectivity index (χ1v) is 9.43. The first-order valence-electron chi connectivity index (χ1n) is 9.43. The Morgan fingerprint density at radius 1 is 1.16 bits per heavy atom. The van der Waals surface area contributed by atoms with Crippen molar-refractivity contribution in [2.45, 2.75) is 57.0 Å². The molecule has 2 aliphatic carbocycles. The van der Waals surface area contributed by atoms with Gasteiger partial charge in [0, 0.05) is 5.41 Å². The number of carbonyl (C=O) groups excluding carboxylic acids is 1. The maximum atomic E-state index is 12.8. The van der Waals surface area contributed by atoms with Crippen molar-refractivity contribution >= 4 is 5.97 Å². The summed E-state index contributed by atoms with van der Waals surface area (Å²) in [5.74, 6) is -0.104. The zero-order valence-corrected chi connectivity index (χ0v) is 14.4. The summed E-state index contributed by atoms with van der Waals surface area (Å²) < 4.78 is 17.9. The Morgan fingerprint density at radius 2 is 1.96 bits per heavy atom. The number of hydrogen-bond donors (Lipinski definition) is 0. The van der Waals surface area contributed by atoms with Crippen molar-refractivity contribution in [2.75, 3.05) is 6.61 Å². The molecule has 0 saturated carbocycles. The Bertz CT molecular complexity index is 685. The molecule has 0 amide bonds. The molecule has 2 bridgehead atoms. The van der Waals surface area contributed by atoms with E-state index in [2.05, 4.69) is 36.4 Å². The second-order valence-electron chi connectivity index (χ2n) is 7.99. The zero-order chi connectivity index (χ0) is 16.9. The Labute approximate surface area is 148 Å². The van der Waals surface area contributed by atoms with Gasteiger partial charge in [-0.15, -0.1) is 0 Å². The highest BCUT2D eigenvalue weighted by atomic mass is 16.7. The lowest BCUT2D eigenvalue weighted by atomic mass is 9.73. The topological polar surface area (TPSA) is 44.8 Å². The summed E-state index contributed by atoms with van der Waals surface area (Å²) in [5, 5.41) is 0. The van der Waals surface area contributed by atoms with E-state index in [0.717, 1.165) is 38.5 Å². The van der Waals surface area contributed by atoms with Crippen molar-refractivity contribution in [1.82, 2.24) is 0 Å². The molecule has 0 radical (unpaired) electrons. The van der Waals surface area contributed by atoms with Crippen LogP contribution in [0.1, 0.15) is 36.8 Å². The monoisotopic (exact) mass is 340 g/mol. The van der Waals surface area contributed by atoms with Crippen molar-refractivity contribution in [3.63, 3.8) is 0 Å². The van der Waals surface area contributed by atoms with E-state index in [-0.39, 0.29) is 29.5 Å². The van der Waals surface area contributed by atoms with Crippen LogP contribution in [0.15, 0.2) is 36.4 Å². The fourth-order valence-electron chi connectivity index (χ4n) is 5.07. The van der Waals surface area contributed by atoms with Crippen LogP contribution in [0.2, 0.25) is 0 Å². The number of fused-ring (bicyclic) bond motifs is 3. The van der Waals surface area contributed by atoms with Crippen LogP contribution in [-0.2, 0) is 31.8 Å². The molecule has 2 saturated heterocycles. The molecular weight excluding hydrogens is 316 g/mol. The van der Waals surface area contributed by atoms with Gasteiger partial charge in [0.05, 0.1) is 18.6 Å². The summed E-state index contributed by atoms with van der Waals surface area (Å²) in [4.78, 5) is 12.8. The molecule has 5 rings (SSSR count). The predicted molar refractivity (Wildman–Crippen MR) is 91.9 cm³/mol. The number of hydrogen-bond acceptors (Lipinski definition) is 4. The molecule has 0 unspecified atom stereocenters. The van der Waals surface area contributed by atoms with Gasteiger partial charge in [0.15, 0.2) is 12.4 Å². The maximum Gasteiger partial charge on any atom is 0.309 e. The first kappa shape index (κ1) is 15.6. The van der Waals surface area contributed by atoms with Gasteiger partial charge in [-0.05, 0) is 49.7 Å². The van der Waals surface area contributed by atoms with E-state index >= 15 is 0 Å². The molecular formula is C21H24O4. The standard InChI is InChI=1S/C21H24O4/c22-19(14-6-2-1-3-7-14)25-18-20-23-13-17(24-20)12-21(18)10-15-8-4-5-9-16(15)11-21/h1-2,4-5,8-9,14,17-18,20H,3,6-7,10-13H2/t14-,17-,18+,20+/m0/s1. The van der Waals surface area contributed by atoms with Crippen molar-refractivity contribution in [1.29, 1.82) is 0 Å². The Balaban J connectivity index is 1.41. The summed E-state index contributed by atoms with van der Waals surface area (Å²) in [6, 6.07) is 8.59. The van der Waals surface area contributed by atoms with E-state index in [4.69, 9.17) is 14.2 Å². The molecule has 4 heteroatoms. The fourth-order valence-corrected chi connectivity index (χ4v) is 5.07. The van der Waals surface area contributed by atoms with E-state index < -0.39 is 6.29 Å². The third kappa shape index (κ3) is 2.63. The Morgan fingerprint density at radius 3 is 2.68 bits per heavy atom. The number of carbonyl (C=O) groups is 1. The van der Waals surface area contributed by atoms with Crippen molar-refractivity contribution < 1.29 is 19.0 Å². The minimum Gasteiger partial charge on any atom is -0.456 e. The summed E-state index contributed by atoms with van der Waals surface area (Å²) in [7, 11) is 0. The van der Waals surface area contributed by atoms with E-state index in [1.54, 1.807) is 0 Å². The predicted octanol–water partition coefficient (Wildman–Crippen LogP) is 3.18. The molecule has 0 N–H and O–H groups in total. The zero-order valence-electron chi connectivity index (χ0n) is 14.4. The summed E-state index contributed by atoms with van der Waals surface area (Å²) in [6.45, 7) is 0.614. The van der Waals surface area contributed by atoms with Crippen LogP contribution in [0.25, 0.3) is 0 Å². The molecule has 1 aromatic rings. The van der Waals surface area contributed by atoms with Gasteiger partial charge < -0.3 is 14.2 Å². The highest BCUT2D eigenvalue weighted by molar-refractivity contribution is 5.73. The number of benzene rings is 1. The van der Waals surface area contributed by atoms with Gasteiger partial charge in [0.1, 0.15) is 0 Å². The molecule has 2 fully saturated rings. The van der Waals surface area contributed by atoms with Crippen molar-refractivity contribution in [2.24, 2.45) is 11.3 Å². The van der Waals surface area contributed by atoms with Crippen molar-refractivity contribution in [3.05, 3.63) is 47.5 Å². The lowest BCUT2D eigenvalue weighted by Crippen LogP contribution is -2.52. The molecule has 4 nitrogen and oxygen atoms in total. The van der Waals surface area contributed by atoms with Crippen LogP contribution >= 0.6 is 0 Å². The second-order valence-corrected chi connectivity index (χ2v) is 7.99. The average Bonchev–Trinajstić information content (AvgIpc) is 3.21. The third-order valence-corrected chi connectivity index (χ3v) is 6.31. The largest absolute Gasteiger partial charge is 0.456 e. The molecule has 0 aromatic heterocycles. The Kier molecular flexibility index (Phi) is 3.72. The number of allylic oxidation sites excluding steroid dienone is 2. The molecule has 2 aliphatic heterocycles. The minimum atomic E-state index is -0.406. The summed E-state index contributed by atoms with van der Waals surface area (Å²) >= 11 is 0. The first-order chi connectivity index (χ1) is 12.2. The fraction of sp³-hybridized carbons (Fsp3) is 0.571. The van der Waals surface area contributed by atoms with Crippen LogP contribution in [0.5, 0.6) is 0 Å². The minimum absolute atomic E-state index is 0.0232. The quantitative estimate of drug-likeness (QED) is 0.613. The highest BCUT2D eigenvalue weighted by Gasteiger charge is 2.57. The van der Waals surface area contributed by atoms with Gasteiger partial charge in [0.25, 0.3) is 0 Å². The van der Waals surface area contributed by atoms with E-state index in [1.807, 2.05) is 0 Å². The molecule has 132 valence electrons. The molecule has 2 heterocycles. The van der Waals surface area contributed by atoms with E-state index in [9.17, 15) is 4.79 Å². The third-order valence-electron chi connectivity index (χ3n) is 6.31. The second kappa shape index (κ2) is 5.96. The Hall–Kier alpha value is -1.65. The number of rotatable bonds is 2. The average molecular weight is 340 g/mol. The van der Waals surface area contributed by atoms with Gasteiger partial charge in [-0.1, -0.05) is 36.4 Å². The van der Waals surface area contributed by atoms with Crippen molar-refractivity contribution in [3.8, 4) is 0 Å². The normalized spacial score (nSPS) is 34.9. The summed E-state index contributed by atoms with van der Waals surface area (Å²) in [5.41, 5.74) is 2.68. The smallest absolute Gasteiger partial charge is 0.309 e. The van der Waals surface area contributed by atoms with Crippen LogP contribution in [0.3, 0.4) is 0 Å². The maximum absolute atomic E-state index is 12.8. The highest BCUT2D eigenvalue weighted by Crippen LogP contribution is 2.51. The molecule has 25 heavy (non-hydrogen) atoms. The van der Waals surface area contributed by atoms with Gasteiger partial charge in [-0.25, -0.2) is 0 Å². The lowest BCUT2D eigenvalue weighted by Gasteiger charge is -2.43. The molecule has 1 spiro atoms. The molecule has 4 atom stereocenters. The van der Waals surface area contributed by atoms with Crippen LogP contribution in [0.4, 0.5) is 0 Å². The van der Waals surface area contributed by atoms with E-state index in [1.165, 1.54) is 11.1 Å². The number of esters is 1. The van der Waals surface area contributed by atoms with Crippen LogP contribution < -0.4 is 0 Å². The van der Waals surface area contributed by atoms with Crippen LogP contribution in [0, 0.1) is 11.3 Å². The number of ether oxygens (including phenoxy) is 3. The van der Waals surface area contributed by atoms with Gasteiger partial charge in [-0.2, -0.15) is 0 Å². The molecule has 4 aliphatic rings. The van der Waals surface area contributed by atoms with Crippen LogP contribution in [-0.4, -0.2) is 31.1 Å². The van der Waals surface area contributed by atoms with Gasteiger partial charge in [-0.3, -0.25) is 4.79 Å². The lowest BCUT2D eigenvalue weighted by molar-refractivity contribution is -0.225.